The molecule has 2 heteroatoms. The van der Waals surface area contributed by atoms with E-state index in [1.165, 1.54) is 13.2 Å². The predicted octanol–water partition coefficient (Wildman–Crippen LogP) is 0.564. The van der Waals surface area contributed by atoms with Gasteiger partial charge in [-0.2, -0.15) is 6.92 Å². The molecule has 0 spiro atoms. The van der Waals surface area contributed by atoms with Crippen molar-refractivity contribution in [1.29, 1.82) is 0 Å². The van der Waals surface area contributed by atoms with Crippen LogP contribution in [0.1, 0.15) is 6.92 Å². The van der Waals surface area contributed by atoms with E-state index in [2.05, 4.69) is 0 Å². The number of rotatable bonds is 0. The Hall–Kier alpha value is 0.176. The molecular formula is C3H6CoO. The minimum Gasteiger partial charge on any atom is -0.542 e. The molecule has 0 atom stereocenters. The van der Waals surface area contributed by atoms with Crippen LogP contribution in [0, 0.1) is 7.43 Å². The van der Waals surface area contributed by atoms with E-state index in [1.54, 1.807) is 0 Å². The quantitative estimate of drug-likeness (QED) is 0.424. The minimum absolute atomic E-state index is 0. The molecule has 0 rings (SSSR count). The Morgan fingerprint density at radius 3 is 1.60 bits per heavy atom. The first kappa shape index (κ1) is 19.1. The normalized spacial score (nSPS) is 2.60. The van der Waals surface area contributed by atoms with E-state index in [-0.39, 0.29) is 24.2 Å². The van der Waals surface area contributed by atoms with Gasteiger partial charge < -0.3 is 12.2 Å². The summed E-state index contributed by atoms with van der Waals surface area (Å²) >= 11 is 0. The summed E-state index contributed by atoms with van der Waals surface area (Å²) in [6.45, 7) is 1.32. The van der Waals surface area contributed by atoms with Gasteiger partial charge in [-0.25, -0.2) is 0 Å². The molecule has 0 aliphatic heterocycles. The minimum atomic E-state index is 0. The Morgan fingerprint density at radius 2 is 1.60 bits per heavy atom. The Bertz CT molecular complexity index is 14.4. The molecule has 0 aliphatic rings. The Morgan fingerprint density at radius 1 is 1.60 bits per heavy atom. The molecule has 0 aliphatic carbocycles. The standard InChI is InChI=1S/C2H3O.CH3.Co/c1-2-3;;/h1H3;1H3;/q2*-1;+2. The summed E-state index contributed by atoms with van der Waals surface area (Å²) in [5.41, 5.74) is 0. The molecule has 1 nitrogen and oxygen atoms in total. The Balaban J connectivity index is -0.0000000200. The second-order valence-electron chi connectivity index (χ2n) is 0.204. The summed E-state index contributed by atoms with van der Waals surface area (Å²) in [5, 5.41) is 0. The first-order valence-electron chi connectivity index (χ1n) is 0.704. The summed E-state index contributed by atoms with van der Waals surface area (Å²) in [7, 11) is 0. The Labute approximate surface area is 43.0 Å². The van der Waals surface area contributed by atoms with E-state index in [9.17, 15) is 0 Å². The fourth-order valence-electron chi connectivity index (χ4n) is 0. The Kier molecular flexibility index (Phi) is 116. The molecule has 0 N–H and O–H groups in total. The molecule has 1 radical (unpaired) electrons. The van der Waals surface area contributed by atoms with Crippen LogP contribution in [0.3, 0.4) is 0 Å². The van der Waals surface area contributed by atoms with Gasteiger partial charge in [0.05, 0.1) is 0 Å². The van der Waals surface area contributed by atoms with Gasteiger partial charge in [0, 0.05) is 0 Å². The van der Waals surface area contributed by atoms with Crippen molar-refractivity contribution in [2.24, 2.45) is 0 Å². The van der Waals surface area contributed by atoms with Crippen molar-refractivity contribution in [1.82, 2.24) is 0 Å². The van der Waals surface area contributed by atoms with E-state index in [0.717, 1.165) is 0 Å². The molecule has 5 heavy (non-hydrogen) atoms. The van der Waals surface area contributed by atoms with Gasteiger partial charge in [-0.05, 0) is 0 Å². The van der Waals surface area contributed by atoms with Gasteiger partial charge in [-0.3, -0.25) is 6.29 Å². The van der Waals surface area contributed by atoms with Crippen LogP contribution in [-0.2, 0) is 21.6 Å². The molecule has 0 unspecified atom stereocenters. The van der Waals surface area contributed by atoms with Crippen molar-refractivity contribution in [3.05, 3.63) is 7.43 Å². The largest absolute Gasteiger partial charge is 2.00 e. The maximum atomic E-state index is 8.68. The van der Waals surface area contributed by atoms with Crippen LogP contribution >= 0.6 is 0 Å². The zero-order valence-corrected chi connectivity index (χ0v) is 4.28. The second-order valence-corrected chi connectivity index (χ2v) is 0.204. The van der Waals surface area contributed by atoms with Gasteiger partial charge in [-0.15, -0.1) is 0 Å². The van der Waals surface area contributed by atoms with Crippen LogP contribution in [-0.4, -0.2) is 6.29 Å². The van der Waals surface area contributed by atoms with Gasteiger partial charge in [0.1, 0.15) is 0 Å². The molecule has 0 aromatic rings. The van der Waals surface area contributed by atoms with E-state index in [4.69, 9.17) is 4.79 Å². The maximum absolute atomic E-state index is 8.68. The summed E-state index contributed by atoms with van der Waals surface area (Å²) in [5.74, 6) is 0. The summed E-state index contributed by atoms with van der Waals surface area (Å²) in [6, 6.07) is 0. The number of hydrogen-bond acceptors (Lipinski definition) is 1. The van der Waals surface area contributed by atoms with Gasteiger partial charge in [-0.1, -0.05) is 0 Å². The summed E-state index contributed by atoms with van der Waals surface area (Å²) in [6.07, 6.45) is 1.50. The van der Waals surface area contributed by atoms with E-state index >= 15 is 0 Å². The zero-order valence-electron chi connectivity index (χ0n) is 3.24. The topological polar surface area (TPSA) is 17.1 Å². The third kappa shape index (κ3) is 635. The summed E-state index contributed by atoms with van der Waals surface area (Å²) in [4.78, 5) is 8.68. The van der Waals surface area contributed by atoms with Gasteiger partial charge in [0.2, 0.25) is 0 Å². The first-order chi connectivity index (χ1) is 1.41. The number of hydrogen-bond donors (Lipinski definition) is 0. The monoisotopic (exact) mass is 117 g/mol. The molecule has 0 bridgehead atoms. The predicted molar refractivity (Wildman–Crippen MR) is 17.8 cm³/mol. The van der Waals surface area contributed by atoms with E-state index in [0.29, 0.717) is 0 Å². The zero-order chi connectivity index (χ0) is 2.71. The first-order valence-corrected chi connectivity index (χ1v) is 0.704. The van der Waals surface area contributed by atoms with Gasteiger partial charge >= 0.3 is 16.8 Å². The van der Waals surface area contributed by atoms with Crippen LogP contribution in [0.4, 0.5) is 0 Å². The summed E-state index contributed by atoms with van der Waals surface area (Å²) < 4.78 is 0. The molecule has 0 saturated carbocycles. The van der Waals surface area contributed by atoms with Gasteiger partial charge in [0.15, 0.2) is 0 Å². The maximum Gasteiger partial charge on any atom is 2.00 e. The molecule has 33 valence electrons. The van der Waals surface area contributed by atoms with Crippen LogP contribution < -0.4 is 0 Å². The average molecular weight is 117 g/mol. The fourth-order valence-corrected chi connectivity index (χ4v) is 0. The van der Waals surface area contributed by atoms with Crippen molar-refractivity contribution in [3.63, 3.8) is 0 Å². The van der Waals surface area contributed by atoms with Crippen LogP contribution in [0.25, 0.3) is 0 Å². The average Bonchev–Trinajstić information content (AvgIpc) is 0.918. The molecule has 0 fully saturated rings. The van der Waals surface area contributed by atoms with Crippen molar-refractivity contribution >= 4 is 6.29 Å². The van der Waals surface area contributed by atoms with Crippen LogP contribution in [0.2, 0.25) is 0 Å². The van der Waals surface area contributed by atoms with E-state index in [1.807, 2.05) is 0 Å². The SMILES string of the molecule is C[C-]=O.[CH3-].[Co+2]. The van der Waals surface area contributed by atoms with Crippen molar-refractivity contribution in [2.45, 2.75) is 6.92 Å². The van der Waals surface area contributed by atoms with Gasteiger partial charge in [0.25, 0.3) is 0 Å². The molecular weight excluding hydrogens is 111 g/mol. The van der Waals surface area contributed by atoms with Crippen LogP contribution in [0.5, 0.6) is 0 Å². The van der Waals surface area contributed by atoms with Crippen molar-refractivity contribution < 1.29 is 21.6 Å². The van der Waals surface area contributed by atoms with Crippen molar-refractivity contribution in [2.75, 3.05) is 0 Å². The number of carbonyl (C=O) groups excluding carboxylic acids is 1. The third-order valence-corrected chi connectivity index (χ3v) is 0. The third-order valence-electron chi connectivity index (χ3n) is 0. The molecule has 0 heterocycles. The molecule has 0 aromatic carbocycles. The molecule has 0 aromatic heterocycles. The molecule has 0 amide bonds. The smallest absolute Gasteiger partial charge is 0.542 e. The van der Waals surface area contributed by atoms with Crippen LogP contribution in [0.15, 0.2) is 0 Å². The molecule has 0 saturated heterocycles. The fraction of sp³-hybridized carbons (Fsp3) is 0.333. The second kappa shape index (κ2) is 30.4. The van der Waals surface area contributed by atoms with E-state index < -0.39 is 0 Å². The van der Waals surface area contributed by atoms with Crippen molar-refractivity contribution in [3.8, 4) is 0 Å².